The average molecular weight is 363 g/mol. The molecule has 138 valence electrons. The van der Waals surface area contributed by atoms with Gasteiger partial charge in [-0.1, -0.05) is 103 Å². The Hall–Kier alpha value is -3.30. The molecule has 28 heavy (non-hydrogen) atoms. The molecule has 0 nitrogen and oxygen atoms in total. The van der Waals surface area contributed by atoms with E-state index in [0.29, 0.717) is 0 Å². The lowest BCUT2D eigenvalue weighted by Crippen LogP contribution is -2.29. The van der Waals surface area contributed by atoms with Crippen LogP contribution in [0.25, 0.3) is 0 Å². The van der Waals surface area contributed by atoms with E-state index in [1.807, 2.05) is 13.0 Å². The van der Waals surface area contributed by atoms with E-state index in [2.05, 4.69) is 99.2 Å². The van der Waals surface area contributed by atoms with Crippen LogP contribution in [0.3, 0.4) is 0 Å². The van der Waals surface area contributed by atoms with Gasteiger partial charge in [-0.05, 0) is 48.6 Å². The fourth-order valence-electron chi connectivity index (χ4n) is 4.30. The van der Waals surface area contributed by atoms with Gasteiger partial charge in [-0.2, -0.15) is 0 Å². The van der Waals surface area contributed by atoms with Crippen LogP contribution in [0.5, 0.6) is 0 Å². The van der Waals surface area contributed by atoms with Crippen LogP contribution in [0.1, 0.15) is 30.5 Å². The van der Waals surface area contributed by atoms with Crippen LogP contribution >= 0.6 is 0 Å². The molecule has 1 atom stereocenters. The summed E-state index contributed by atoms with van der Waals surface area (Å²) in [5.41, 5.74) is 7.71. The molecular weight excluding hydrogens is 336 g/mol. The summed E-state index contributed by atoms with van der Waals surface area (Å²) in [5.74, 6) is 2.98. The van der Waals surface area contributed by atoms with E-state index in [1.54, 1.807) is 6.08 Å². The van der Waals surface area contributed by atoms with Crippen molar-refractivity contribution in [2.45, 2.75) is 26.2 Å². The Balaban J connectivity index is 2.51. The summed E-state index contributed by atoms with van der Waals surface area (Å²) >= 11 is 0. The molecule has 1 unspecified atom stereocenters. The molecule has 1 aliphatic rings. The third-order valence-electron chi connectivity index (χ3n) is 5.44. The van der Waals surface area contributed by atoms with Crippen molar-refractivity contribution in [1.82, 2.24) is 0 Å². The number of hydrogen-bond donors (Lipinski definition) is 0. The fraction of sp³-hybridized carbons (Fsp3) is 0.143. The van der Waals surface area contributed by atoms with Crippen LogP contribution < -0.4 is 0 Å². The topological polar surface area (TPSA) is 0 Å². The lowest BCUT2D eigenvalue weighted by atomic mass is 9.66. The van der Waals surface area contributed by atoms with Crippen molar-refractivity contribution in [2.24, 2.45) is 0 Å². The van der Waals surface area contributed by atoms with Gasteiger partial charge >= 0.3 is 0 Å². The fourth-order valence-corrected chi connectivity index (χ4v) is 4.30. The van der Waals surface area contributed by atoms with Crippen LogP contribution in [0.15, 0.2) is 114 Å². The summed E-state index contributed by atoms with van der Waals surface area (Å²) < 4.78 is 0. The van der Waals surface area contributed by atoms with Gasteiger partial charge in [0.25, 0.3) is 0 Å². The average Bonchev–Trinajstić information content (AvgIpc) is 2.95. The van der Waals surface area contributed by atoms with Gasteiger partial charge in [0.1, 0.15) is 0 Å². The lowest BCUT2D eigenvalue weighted by molar-refractivity contribution is 0.735. The minimum atomic E-state index is -0.414. The van der Waals surface area contributed by atoms with Gasteiger partial charge in [-0.25, -0.2) is 0 Å². The maximum Gasteiger partial charge on any atom is 0.0680 e. The summed E-state index contributed by atoms with van der Waals surface area (Å²) in [4.78, 5) is 0. The highest BCUT2D eigenvalue weighted by molar-refractivity contribution is 5.75. The molecule has 0 fully saturated rings. The van der Waals surface area contributed by atoms with Crippen molar-refractivity contribution >= 4 is 0 Å². The maximum absolute atomic E-state index is 6.05. The van der Waals surface area contributed by atoms with Crippen LogP contribution in [0.4, 0.5) is 0 Å². The van der Waals surface area contributed by atoms with Crippen LogP contribution in [0, 0.1) is 19.3 Å². The van der Waals surface area contributed by atoms with E-state index in [1.165, 1.54) is 22.3 Å². The van der Waals surface area contributed by atoms with Gasteiger partial charge in [0.15, 0.2) is 0 Å². The molecule has 2 aromatic rings. The van der Waals surface area contributed by atoms with Gasteiger partial charge in [0.2, 0.25) is 0 Å². The van der Waals surface area contributed by atoms with Crippen molar-refractivity contribution in [3.8, 4) is 12.3 Å². The van der Waals surface area contributed by atoms with Gasteiger partial charge in [-0.3, -0.25) is 0 Å². The molecule has 0 saturated carbocycles. The third kappa shape index (κ3) is 3.00. The summed E-state index contributed by atoms with van der Waals surface area (Å²) in [6, 6.07) is 19.4. The van der Waals surface area contributed by atoms with E-state index in [-0.39, 0.29) is 0 Å². The van der Waals surface area contributed by atoms with Crippen molar-refractivity contribution in [3.63, 3.8) is 0 Å². The Morgan fingerprint density at radius 2 is 1.68 bits per heavy atom. The molecule has 0 N–H and O–H groups in total. The SMILES string of the molecule is C#CC1=C(C=CC)C(c2ccccc2)(c2cccc(C)c2)C(C)=C1C=CC=C. The third-order valence-corrected chi connectivity index (χ3v) is 5.44. The van der Waals surface area contributed by atoms with E-state index < -0.39 is 5.41 Å². The van der Waals surface area contributed by atoms with Crippen LogP contribution in [0.2, 0.25) is 0 Å². The zero-order valence-corrected chi connectivity index (χ0v) is 16.9. The Bertz CT molecular complexity index is 1050. The summed E-state index contributed by atoms with van der Waals surface area (Å²) in [6.07, 6.45) is 16.1. The minimum Gasteiger partial charge on any atom is -0.115 e. The second-order valence-corrected chi connectivity index (χ2v) is 7.05. The van der Waals surface area contributed by atoms with Crippen molar-refractivity contribution < 1.29 is 0 Å². The summed E-state index contributed by atoms with van der Waals surface area (Å²) in [7, 11) is 0. The molecule has 1 aliphatic carbocycles. The van der Waals surface area contributed by atoms with E-state index in [9.17, 15) is 0 Å². The molecule has 0 spiro atoms. The van der Waals surface area contributed by atoms with Gasteiger partial charge in [0.05, 0.1) is 5.41 Å². The highest BCUT2D eigenvalue weighted by atomic mass is 14.5. The number of hydrogen-bond acceptors (Lipinski definition) is 0. The standard InChI is InChI=1S/C28H26/c1-6-9-19-26-22(5)28(23-16-11-10-12-17-23,24-18-13-15-21(4)20-24)27(14-7-2)25(26)8-3/h3,6-7,9-20H,1H2,2,4-5H3. The predicted octanol–water partition coefficient (Wildman–Crippen LogP) is 6.86. The number of allylic oxidation sites excluding steroid dienone is 9. The predicted molar refractivity (Wildman–Crippen MR) is 121 cm³/mol. The van der Waals surface area contributed by atoms with E-state index in [0.717, 1.165) is 16.7 Å². The van der Waals surface area contributed by atoms with Crippen LogP contribution in [-0.2, 0) is 5.41 Å². The Labute approximate surface area is 169 Å². The highest BCUT2D eigenvalue weighted by Crippen LogP contribution is 2.54. The van der Waals surface area contributed by atoms with Gasteiger partial charge in [0, 0.05) is 5.57 Å². The quantitative estimate of drug-likeness (QED) is 0.402. The summed E-state index contributed by atoms with van der Waals surface area (Å²) in [5, 5.41) is 0. The lowest BCUT2D eigenvalue weighted by Gasteiger charge is -2.35. The minimum absolute atomic E-state index is 0.414. The monoisotopic (exact) mass is 362 g/mol. The molecule has 3 rings (SSSR count). The molecule has 0 bridgehead atoms. The van der Waals surface area contributed by atoms with Gasteiger partial charge < -0.3 is 0 Å². The second-order valence-electron chi connectivity index (χ2n) is 7.05. The first-order valence-corrected chi connectivity index (χ1v) is 9.58. The number of terminal acetylenes is 1. The van der Waals surface area contributed by atoms with Crippen molar-refractivity contribution in [3.05, 3.63) is 131 Å². The first kappa shape index (κ1) is 19.5. The first-order chi connectivity index (χ1) is 13.6. The van der Waals surface area contributed by atoms with Crippen molar-refractivity contribution in [2.75, 3.05) is 0 Å². The van der Waals surface area contributed by atoms with E-state index in [4.69, 9.17) is 6.42 Å². The molecule has 0 heterocycles. The number of aryl methyl sites for hydroxylation is 1. The maximum atomic E-state index is 6.05. The van der Waals surface area contributed by atoms with E-state index >= 15 is 0 Å². The first-order valence-electron chi connectivity index (χ1n) is 9.58. The van der Waals surface area contributed by atoms with Crippen LogP contribution in [-0.4, -0.2) is 0 Å². The second kappa shape index (κ2) is 8.15. The largest absolute Gasteiger partial charge is 0.115 e. The van der Waals surface area contributed by atoms with Gasteiger partial charge in [-0.15, -0.1) is 6.42 Å². The highest BCUT2D eigenvalue weighted by Gasteiger charge is 2.45. The molecule has 2 aromatic carbocycles. The molecular formula is C28H26. The molecule has 0 heteroatoms. The number of rotatable bonds is 5. The molecule has 0 aromatic heterocycles. The Morgan fingerprint density at radius 3 is 2.29 bits per heavy atom. The Kier molecular flexibility index (Phi) is 5.67. The Morgan fingerprint density at radius 1 is 0.964 bits per heavy atom. The molecule has 0 radical (unpaired) electrons. The van der Waals surface area contributed by atoms with Crippen molar-refractivity contribution in [1.29, 1.82) is 0 Å². The zero-order valence-electron chi connectivity index (χ0n) is 16.9. The molecule has 0 saturated heterocycles. The number of benzene rings is 2. The molecule has 0 amide bonds. The molecule has 0 aliphatic heterocycles. The summed E-state index contributed by atoms with van der Waals surface area (Å²) in [6.45, 7) is 10.2. The normalized spacial score (nSPS) is 19.6. The smallest absolute Gasteiger partial charge is 0.0680 e. The zero-order chi connectivity index (χ0) is 20.1.